The largest absolute Gasteiger partial charge is 0.416 e. The Bertz CT molecular complexity index is 805. The first-order chi connectivity index (χ1) is 11.8. The number of halogens is 4. The molecule has 130 valence electrons. The van der Waals surface area contributed by atoms with Crippen LogP contribution in [-0.4, -0.2) is 18.0 Å². The number of nitrogens with zero attached hydrogens (tertiary/aromatic N) is 1. The zero-order chi connectivity index (χ0) is 18.4. The summed E-state index contributed by atoms with van der Waals surface area (Å²) in [6, 6.07) is 10.8. The van der Waals surface area contributed by atoms with E-state index in [-0.39, 0.29) is 5.69 Å². The quantitative estimate of drug-likeness (QED) is 0.458. The summed E-state index contributed by atoms with van der Waals surface area (Å²) in [5, 5.41) is 5.82. The second kappa shape index (κ2) is 7.93. The number of alkyl halides is 3. The van der Waals surface area contributed by atoms with Gasteiger partial charge in [-0.2, -0.15) is 18.3 Å². The van der Waals surface area contributed by atoms with Crippen molar-refractivity contribution in [3.63, 3.8) is 0 Å². The van der Waals surface area contributed by atoms with Crippen LogP contribution < -0.4 is 10.7 Å². The third-order valence-corrected chi connectivity index (χ3v) is 3.40. The molecule has 0 atom stereocenters. The maximum absolute atomic E-state index is 12.4. The summed E-state index contributed by atoms with van der Waals surface area (Å²) in [7, 11) is 0. The highest BCUT2D eigenvalue weighted by Gasteiger charge is 2.30. The molecule has 0 fully saturated rings. The van der Waals surface area contributed by atoms with Gasteiger partial charge in [-0.1, -0.05) is 28.1 Å². The summed E-state index contributed by atoms with van der Waals surface area (Å²) in [6.45, 7) is 0. The molecule has 2 amide bonds. The van der Waals surface area contributed by atoms with Gasteiger partial charge in [-0.15, -0.1) is 0 Å². The Kier molecular flexibility index (Phi) is 5.92. The van der Waals surface area contributed by atoms with Crippen LogP contribution in [0.2, 0.25) is 0 Å². The fourth-order valence-corrected chi connectivity index (χ4v) is 2.15. The molecule has 0 saturated carbocycles. The van der Waals surface area contributed by atoms with Crippen LogP contribution >= 0.6 is 15.9 Å². The molecule has 0 radical (unpaired) electrons. The van der Waals surface area contributed by atoms with Crippen LogP contribution in [0.4, 0.5) is 18.9 Å². The molecule has 0 bridgehead atoms. The Hall–Kier alpha value is -2.68. The lowest BCUT2D eigenvalue weighted by Crippen LogP contribution is -2.32. The van der Waals surface area contributed by atoms with Gasteiger partial charge in [-0.3, -0.25) is 9.59 Å². The van der Waals surface area contributed by atoms with Gasteiger partial charge in [0.25, 0.3) is 0 Å². The summed E-state index contributed by atoms with van der Waals surface area (Å²) in [5.74, 6) is -2.10. The first-order valence-electron chi connectivity index (χ1n) is 6.83. The van der Waals surface area contributed by atoms with E-state index in [0.717, 1.165) is 28.7 Å². The molecule has 9 heteroatoms. The lowest BCUT2D eigenvalue weighted by atomic mass is 10.2. The van der Waals surface area contributed by atoms with E-state index < -0.39 is 23.6 Å². The highest BCUT2D eigenvalue weighted by atomic mass is 79.9. The van der Waals surface area contributed by atoms with Gasteiger partial charge in [0.05, 0.1) is 11.8 Å². The van der Waals surface area contributed by atoms with Gasteiger partial charge >= 0.3 is 18.0 Å². The number of rotatable bonds is 3. The van der Waals surface area contributed by atoms with Crippen LogP contribution in [0.3, 0.4) is 0 Å². The van der Waals surface area contributed by atoms with Crippen LogP contribution in [0.5, 0.6) is 0 Å². The Morgan fingerprint density at radius 3 is 2.32 bits per heavy atom. The zero-order valence-corrected chi connectivity index (χ0v) is 14.1. The highest BCUT2D eigenvalue weighted by molar-refractivity contribution is 9.10. The van der Waals surface area contributed by atoms with Gasteiger partial charge in [0.15, 0.2) is 0 Å². The predicted octanol–water partition coefficient (Wildman–Crippen LogP) is 3.56. The van der Waals surface area contributed by atoms with Crippen molar-refractivity contribution in [3.8, 4) is 0 Å². The molecular weight excluding hydrogens is 403 g/mol. The molecule has 0 aliphatic rings. The monoisotopic (exact) mass is 413 g/mol. The number of carbonyl (C=O) groups is 2. The van der Waals surface area contributed by atoms with Crippen molar-refractivity contribution in [1.29, 1.82) is 0 Å². The molecular formula is C16H11BrF3N3O2. The zero-order valence-electron chi connectivity index (χ0n) is 12.5. The number of hydrogen-bond acceptors (Lipinski definition) is 3. The van der Waals surface area contributed by atoms with E-state index in [2.05, 4.69) is 26.3 Å². The van der Waals surface area contributed by atoms with Gasteiger partial charge in [-0.05, 0) is 42.0 Å². The van der Waals surface area contributed by atoms with Crippen molar-refractivity contribution in [2.75, 3.05) is 5.32 Å². The van der Waals surface area contributed by atoms with E-state index in [1.54, 1.807) is 18.2 Å². The normalized spacial score (nSPS) is 11.4. The standard InChI is InChI=1S/C16H11BrF3N3O2/c17-12-3-1-2-10(8-12)9-21-23-15(25)14(24)22-13-6-4-11(5-7-13)16(18,19)20/h1-9H,(H,22,24)(H,23,25)/b21-9+. The number of hydrazone groups is 1. The van der Waals surface area contributed by atoms with E-state index in [1.807, 2.05) is 11.5 Å². The maximum atomic E-state index is 12.4. The summed E-state index contributed by atoms with van der Waals surface area (Å²) in [5.41, 5.74) is 1.93. The van der Waals surface area contributed by atoms with E-state index in [0.29, 0.717) is 5.56 Å². The van der Waals surface area contributed by atoms with Gasteiger partial charge < -0.3 is 5.32 Å². The summed E-state index contributed by atoms with van der Waals surface area (Å²) < 4.78 is 38.2. The van der Waals surface area contributed by atoms with Crippen molar-refractivity contribution in [3.05, 3.63) is 64.1 Å². The smallest absolute Gasteiger partial charge is 0.318 e. The molecule has 2 rings (SSSR count). The lowest BCUT2D eigenvalue weighted by Gasteiger charge is -2.08. The Morgan fingerprint density at radius 2 is 1.72 bits per heavy atom. The molecule has 2 N–H and O–H groups in total. The van der Waals surface area contributed by atoms with Crippen molar-refractivity contribution in [2.24, 2.45) is 5.10 Å². The molecule has 0 aliphatic heterocycles. The second-order valence-corrected chi connectivity index (χ2v) is 5.70. The Labute approximate surface area is 149 Å². The first-order valence-corrected chi connectivity index (χ1v) is 7.62. The van der Waals surface area contributed by atoms with Gasteiger partial charge in [-0.25, -0.2) is 5.43 Å². The van der Waals surface area contributed by atoms with E-state index in [1.165, 1.54) is 6.21 Å². The Morgan fingerprint density at radius 1 is 1.04 bits per heavy atom. The molecule has 25 heavy (non-hydrogen) atoms. The van der Waals surface area contributed by atoms with Crippen molar-refractivity contribution >= 4 is 39.6 Å². The SMILES string of the molecule is O=C(N/N=C/c1cccc(Br)c1)C(=O)Nc1ccc(C(F)(F)F)cc1. The average Bonchev–Trinajstić information content (AvgIpc) is 2.54. The predicted molar refractivity (Wildman–Crippen MR) is 90.0 cm³/mol. The maximum Gasteiger partial charge on any atom is 0.416 e. The number of hydrogen-bond donors (Lipinski definition) is 2. The summed E-state index contributed by atoms with van der Waals surface area (Å²) in [6.07, 6.45) is -3.13. The van der Waals surface area contributed by atoms with Crippen LogP contribution in [-0.2, 0) is 15.8 Å². The van der Waals surface area contributed by atoms with Crippen molar-refractivity contribution < 1.29 is 22.8 Å². The molecule has 2 aromatic carbocycles. The van der Waals surface area contributed by atoms with Gasteiger partial charge in [0.2, 0.25) is 0 Å². The first kappa shape index (κ1) is 18.7. The van der Waals surface area contributed by atoms with E-state index in [9.17, 15) is 22.8 Å². The molecule has 0 spiro atoms. The van der Waals surface area contributed by atoms with Crippen LogP contribution in [0.1, 0.15) is 11.1 Å². The molecule has 0 heterocycles. The van der Waals surface area contributed by atoms with Gasteiger partial charge in [0, 0.05) is 10.2 Å². The van der Waals surface area contributed by atoms with Crippen LogP contribution in [0.15, 0.2) is 58.1 Å². The number of nitrogens with one attached hydrogen (secondary N) is 2. The fraction of sp³-hybridized carbons (Fsp3) is 0.0625. The number of anilines is 1. The van der Waals surface area contributed by atoms with Crippen molar-refractivity contribution in [1.82, 2.24) is 5.43 Å². The molecule has 2 aromatic rings. The average molecular weight is 414 g/mol. The number of amides is 2. The van der Waals surface area contributed by atoms with E-state index in [4.69, 9.17) is 0 Å². The third kappa shape index (κ3) is 5.71. The minimum atomic E-state index is -4.47. The lowest BCUT2D eigenvalue weighted by molar-refractivity contribution is -0.137. The topological polar surface area (TPSA) is 70.6 Å². The van der Waals surface area contributed by atoms with Gasteiger partial charge in [0.1, 0.15) is 0 Å². The number of benzene rings is 2. The van der Waals surface area contributed by atoms with Crippen LogP contribution in [0, 0.1) is 0 Å². The van der Waals surface area contributed by atoms with Crippen LogP contribution in [0.25, 0.3) is 0 Å². The fourth-order valence-electron chi connectivity index (χ4n) is 1.73. The molecule has 0 aromatic heterocycles. The van der Waals surface area contributed by atoms with E-state index >= 15 is 0 Å². The molecule has 5 nitrogen and oxygen atoms in total. The molecule has 0 aliphatic carbocycles. The molecule has 0 saturated heterocycles. The summed E-state index contributed by atoms with van der Waals surface area (Å²) in [4.78, 5) is 23.3. The minimum Gasteiger partial charge on any atom is -0.318 e. The van der Waals surface area contributed by atoms with Crippen molar-refractivity contribution in [2.45, 2.75) is 6.18 Å². The highest BCUT2D eigenvalue weighted by Crippen LogP contribution is 2.29. The minimum absolute atomic E-state index is 0.0594. The number of carbonyl (C=O) groups excluding carboxylic acids is 2. The summed E-state index contributed by atoms with van der Waals surface area (Å²) >= 11 is 3.28. The second-order valence-electron chi connectivity index (χ2n) is 4.78. The Balaban J connectivity index is 1.91. The molecule has 0 unspecified atom stereocenters. The third-order valence-electron chi connectivity index (χ3n) is 2.90.